The summed E-state index contributed by atoms with van der Waals surface area (Å²) in [6.07, 6.45) is 1.79. The van der Waals surface area contributed by atoms with Gasteiger partial charge in [0.05, 0.1) is 5.52 Å². The number of thioether (sulfide) groups is 1. The molecule has 0 bridgehead atoms. The predicted molar refractivity (Wildman–Crippen MR) is 99.6 cm³/mol. The molecule has 7 heteroatoms. The smallest absolute Gasteiger partial charge is 0.206 e. The van der Waals surface area contributed by atoms with Crippen molar-refractivity contribution in [2.45, 2.75) is 36.4 Å². The average Bonchev–Trinajstić information content (AvgIpc) is 2.92. The molecule has 0 saturated carbocycles. The number of hydrogen-bond donors (Lipinski definition) is 1. The summed E-state index contributed by atoms with van der Waals surface area (Å²) in [7, 11) is 0. The quantitative estimate of drug-likeness (QED) is 0.641. The lowest BCUT2D eigenvalue weighted by Crippen LogP contribution is -2.25. The van der Waals surface area contributed by atoms with Crippen LogP contribution < -0.4 is 5.32 Å². The Morgan fingerprint density at radius 1 is 1.22 bits per heavy atom. The third-order valence-electron chi connectivity index (χ3n) is 3.04. The summed E-state index contributed by atoms with van der Waals surface area (Å²) in [6, 6.07) is 7.85. The fourth-order valence-corrected chi connectivity index (χ4v) is 4.25. The topological polar surface area (TPSA) is 50.7 Å². The minimum Gasteiger partial charge on any atom is -0.355 e. The van der Waals surface area contributed by atoms with E-state index in [-0.39, 0.29) is 5.54 Å². The lowest BCUT2D eigenvalue weighted by atomic mass is 10.1. The standard InChI is InChI=1S/C16H17ClN4S2/c1-16(2,3)19-14-20-21-15(23-14)22-9-10-6-7-12(17)11-5-4-8-18-13(10)11/h4-8H,9H2,1-3H3,(H,19,20). The summed E-state index contributed by atoms with van der Waals surface area (Å²) < 4.78 is 0.941. The van der Waals surface area contributed by atoms with Crippen LogP contribution >= 0.6 is 34.7 Å². The molecule has 2 aromatic heterocycles. The molecule has 120 valence electrons. The van der Waals surface area contributed by atoms with Crippen LogP contribution in [-0.2, 0) is 5.75 Å². The van der Waals surface area contributed by atoms with Crippen LogP contribution in [0.5, 0.6) is 0 Å². The van der Waals surface area contributed by atoms with Crippen molar-refractivity contribution in [3.63, 3.8) is 0 Å². The molecule has 3 aromatic rings. The number of benzene rings is 1. The molecule has 0 unspecified atom stereocenters. The highest BCUT2D eigenvalue weighted by Crippen LogP contribution is 2.32. The Labute approximate surface area is 148 Å². The number of halogens is 1. The van der Waals surface area contributed by atoms with Crippen molar-refractivity contribution < 1.29 is 0 Å². The van der Waals surface area contributed by atoms with E-state index in [4.69, 9.17) is 11.6 Å². The fourth-order valence-electron chi connectivity index (χ4n) is 2.09. The van der Waals surface area contributed by atoms with Crippen molar-refractivity contribution in [3.05, 3.63) is 41.0 Å². The Hall–Kier alpha value is -1.37. The zero-order valence-electron chi connectivity index (χ0n) is 13.1. The molecule has 4 nitrogen and oxygen atoms in total. The highest BCUT2D eigenvalue weighted by atomic mass is 35.5. The molecule has 0 radical (unpaired) electrons. The van der Waals surface area contributed by atoms with Crippen molar-refractivity contribution in [1.82, 2.24) is 15.2 Å². The first-order valence-electron chi connectivity index (χ1n) is 7.19. The van der Waals surface area contributed by atoms with Gasteiger partial charge in [-0.3, -0.25) is 4.98 Å². The van der Waals surface area contributed by atoms with Gasteiger partial charge in [-0.05, 0) is 44.5 Å². The van der Waals surface area contributed by atoms with Gasteiger partial charge in [0.2, 0.25) is 5.13 Å². The second-order valence-electron chi connectivity index (χ2n) is 6.14. The van der Waals surface area contributed by atoms with Crippen molar-refractivity contribution >= 4 is 50.7 Å². The highest BCUT2D eigenvalue weighted by Gasteiger charge is 2.14. The van der Waals surface area contributed by atoms with Gasteiger partial charge in [-0.2, -0.15) is 0 Å². The van der Waals surface area contributed by atoms with E-state index in [0.717, 1.165) is 36.7 Å². The lowest BCUT2D eigenvalue weighted by molar-refractivity contribution is 0.631. The largest absolute Gasteiger partial charge is 0.355 e. The maximum atomic E-state index is 6.24. The molecule has 0 amide bonds. The van der Waals surface area contributed by atoms with E-state index in [9.17, 15) is 0 Å². The molecule has 3 rings (SSSR count). The minimum absolute atomic E-state index is 0.0161. The Balaban J connectivity index is 1.75. The zero-order valence-corrected chi connectivity index (χ0v) is 15.5. The summed E-state index contributed by atoms with van der Waals surface area (Å²) in [4.78, 5) is 4.47. The van der Waals surface area contributed by atoms with Gasteiger partial charge >= 0.3 is 0 Å². The SMILES string of the molecule is CC(C)(C)Nc1nnc(SCc2ccc(Cl)c3cccnc23)s1. The summed E-state index contributed by atoms with van der Waals surface area (Å²) in [6.45, 7) is 6.31. The molecule has 2 heterocycles. The van der Waals surface area contributed by atoms with E-state index in [1.165, 1.54) is 0 Å². The minimum atomic E-state index is -0.0161. The monoisotopic (exact) mass is 364 g/mol. The first-order valence-corrected chi connectivity index (χ1v) is 9.37. The molecule has 23 heavy (non-hydrogen) atoms. The van der Waals surface area contributed by atoms with Crippen molar-refractivity contribution in [3.8, 4) is 0 Å². The number of fused-ring (bicyclic) bond motifs is 1. The third kappa shape index (κ3) is 4.13. The summed E-state index contributed by atoms with van der Waals surface area (Å²) >= 11 is 9.47. The molecule has 0 aliphatic carbocycles. The molecule has 0 saturated heterocycles. The van der Waals surface area contributed by atoms with Crippen molar-refractivity contribution in [1.29, 1.82) is 0 Å². The van der Waals surface area contributed by atoms with Crippen molar-refractivity contribution in [2.24, 2.45) is 0 Å². The second-order valence-corrected chi connectivity index (χ2v) is 8.75. The molecular formula is C16H17ClN4S2. The number of rotatable bonds is 4. The van der Waals surface area contributed by atoms with Crippen LogP contribution in [0.25, 0.3) is 10.9 Å². The van der Waals surface area contributed by atoms with Crippen LogP contribution in [0.1, 0.15) is 26.3 Å². The van der Waals surface area contributed by atoms with Crippen LogP contribution in [-0.4, -0.2) is 20.7 Å². The van der Waals surface area contributed by atoms with Gasteiger partial charge in [0, 0.05) is 27.9 Å². The molecular weight excluding hydrogens is 348 g/mol. The number of hydrogen-bond acceptors (Lipinski definition) is 6. The maximum absolute atomic E-state index is 6.24. The first kappa shape index (κ1) is 16.5. The van der Waals surface area contributed by atoms with E-state index >= 15 is 0 Å². The highest BCUT2D eigenvalue weighted by molar-refractivity contribution is 8.00. The van der Waals surface area contributed by atoms with Gasteiger partial charge < -0.3 is 5.32 Å². The average molecular weight is 365 g/mol. The van der Waals surface area contributed by atoms with Gasteiger partial charge in [-0.25, -0.2) is 0 Å². The van der Waals surface area contributed by atoms with Gasteiger partial charge in [0.1, 0.15) is 0 Å². The van der Waals surface area contributed by atoms with Gasteiger partial charge in [0.25, 0.3) is 0 Å². The molecule has 0 aliphatic heterocycles. The Bertz CT molecular complexity index is 826. The van der Waals surface area contributed by atoms with Gasteiger partial charge in [-0.1, -0.05) is 40.8 Å². The van der Waals surface area contributed by atoms with E-state index in [1.807, 2.05) is 24.3 Å². The van der Waals surface area contributed by atoms with E-state index < -0.39 is 0 Å². The van der Waals surface area contributed by atoms with E-state index in [1.54, 1.807) is 29.3 Å². The van der Waals surface area contributed by atoms with Crippen LogP contribution in [0, 0.1) is 0 Å². The number of nitrogens with zero attached hydrogens (tertiary/aromatic N) is 3. The lowest BCUT2D eigenvalue weighted by Gasteiger charge is -2.18. The Morgan fingerprint density at radius 2 is 2.04 bits per heavy atom. The Kier molecular flexibility index (Phi) is 4.75. The van der Waals surface area contributed by atoms with Crippen LogP contribution in [0.15, 0.2) is 34.8 Å². The summed E-state index contributed by atoms with van der Waals surface area (Å²) in [5, 5.41) is 14.3. The first-order chi connectivity index (χ1) is 10.9. The number of aromatic nitrogens is 3. The van der Waals surface area contributed by atoms with Crippen LogP contribution in [0.2, 0.25) is 5.02 Å². The van der Waals surface area contributed by atoms with Gasteiger partial charge in [0.15, 0.2) is 4.34 Å². The predicted octanol–water partition coefficient (Wildman–Crippen LogP) is 5.24. The van der Waals surface area contributed by atoms with Crippen LogP contribution in [0.3, 0.4) is 0 Å². The molecule has 1 aromatic carbocycles. The van der Waals surface area contributed by atoms with Crippen LogP contribution in [0.4, 0.5) is 5.13 Å². The molecule has 0 fully saturated rings. The summed E-state index contributed by atoms with van der Waals surface area (Å²) in [5.41, 5.74) is 2.08. The molecule has 0 spiro atoms. The normalized spacial score (nSPS) is 11.8. The zero-order chi connectivity index (χ0) is 16.4. The third-order valence-corrected chi connectivity index (χ3v) is 5.39. The summed E-state index contributed by atoms with van der Waals surface area (Å²) in [5.74, 6) is 0.787. The van der Waals surface area contributed by atoms with E-state index in [0.29, 0.717) is 0 Å². The second kappa shape index (κ2) is 6.63. The fraction of sp³-hybridized carbons (Fsp3) is 0.312. The van der Waals surface area contributed by atoms with Gasteiger partial charge in [-0.15, -0.1) is 10.2 Å². The number of nitrogens with one attached hydrogen (secondary N) is 1. The molecule has 1 N–H and O–H groups in total. The molecule has 0 aliphatic rings. The van der Waals surface area contributed by atoms with Crippen molar-refractivity contribution in [2.75, 3.05) is 5.32 Å². The Morgan fingerprint density at radius 3 is 2.83 bits per heavy atom. The number of pyridine rings is 1. The number of anilines is 1. The van der Waals surface area contributed by atoms with E-state index in [2.05, 4.69) is 41.3 Å². The molecule has 0 atom stereocenters. The maximum Gasteiger partial charge on any atom is 0.206 e.